The molecule has 20 heavy (non-hydrogen) atoms. The average molecular weight is 275 g/mol. The van der Waals surface area contributed by atoms with Gasteiger partial charge < -0.3 is 15.2 Å². The molecule has 0 bridgehead atoms. The number of aryl methyl sites for hydroxylation is 1. The van der Waals surface area contributed by atoms with Crippen molar-refractivity contribution in [2.45, 2.75) is 20.1 Å². The summed E-state index contributed by atoms with van der Waals surface area (Å²) >= 11 is 0. The van der Waals surface area contributed by atoms with E-state index in [9.17, 15) is 4.79 Å². The number of rotatable bonds is 5. The van der Waals surface area contributed by atoms with E-state index in [0.717, 1.165) is 12.1 Å². The molecule has 0 aliphatic rings. The number of benzene rings is 1. The summed E-state index contributed by atoms with van der Waals surface area (Å²) in [6.45, 7) is 2.90. The highest BCUT2D eigenvalue weighted by Crippen LogP contribution is 2.25. The van der Waals surface area contributed by atoms with Crippen molar-refractivity contribution >= 4 is 11.7 Å². The first kappa shape index (κ1) is 13.9. The van der Waals surface area contributed by atoms with Gasteiger partial charge in [0.05, 0.1) is 13.3 Å². The molecular formula is C14H17N3O3. The van der Waals surface area contributed by atoms with Crippen LogP contribution in [0.3, 0.4) is 0 Å². The fourth-order valence-corrected chi connectivity index (χ4v) is 1.81. The predicted molar refractivity (Wildman–Crippen MR) is 74.4 cm³/mol. The quantitative estimate of drug-likeness (QED) is 0.665. The monoisotopic (exact) mass is 275 g/mol. The number of esters is 1. The molecule has 1 heterocycles. The molecule has 6 heteroatoms. The van der Waals surface area contributed by atoms with E-state index in [2.05, 4.69) is 5.10 Å². The molecule has 106 valence electrons. The Labute approximate surface area is 117 Å². The van der Waals surface area contributed by atoms with Gasteiger partial charge in [-0.25, -0.2) is 4.79 Å². The number of methoxy groups -OCH3 is 1. The van der Waals surface area contributed by atoms with Crippen LogP contribution in [0, 0.1) is 0 Å². The predicted octanol–water partition coefficient (Wildman–Crippen LogP) is 1.85. The molecule has 0 radical (unpaired) electrons. The summed E-state index contributed by atoms with van der Waals surface area (Å²) in [5, 5.41) is 4.11. The minimum absolute atomic E-state index is 0.149. The molecular weight excluding hydrogens is 258 g/mol. The van der Waals surface area contributed by atoms with Crippen LogP contribution in [0.5, 0.6) is 5.75 Å². The van der Waals surface area contributed by atoms with Gasteiger partial charge in [0.15, 0.2) is 0 Å². The summed E-state index contributed by atoms with van der Waals surface area (Å²) in [6.07, 6.45) is 3.50. The first-order valence-electron chi connectivity index (χ1n) is 6.26. The molecule has 2 rings (SSSR count). The average Bonchev–Trinajstić information content (AvgIpc) is 2.92. The lowest BCUT2D eigenvalue weighted by Crippen LogP contribution is -2.10. The van der Waals surface area contributed by atoms with E-state index in [-0.39, 0.29) is 12.2 Å². The van der Waals surface area contributed by atoms with Crippen LogP contribution < -0.4 is 10.5 Å². The lowest BCUT2D eigenvalue weighted by atomic mass is 10.1. The lowest BCUT2D eigenvalue weighted by Gasteiger charge is -2.10. The molecule has 0 unspecified atom stereocenters. The van der Waals surface area contributed by atoms with Crippen molar-refractivity contribution in [3.63, 3.8) is 0 Å². The molecule has 0 fully saturated rings. The lowest BCUT2D eigenvalue weighted by molar-refractivity contribution is 0.0470. The fraction of sp³-hybridized carbons (Fsp3) is 0.286. The number of hydrogen-bond donors (Lipinski definition) is 1. The minimum atomic E-state index is -0.510. The standard InChI is InChI=1S/C14H17N3O3/c1-3-17-8-10(7-16-17)9-20-14(18)13-11(15)5-4-6-12(13)19-2/h4-8H,3,9,15H2,1-2H3. The number of nitrogens with two attached hydrogens (primary N) is 1. The van der Waals surface area contributed by atoms with Gasteiger partial charge in [0, 0.05) is 24.0 Å². The van der Waals surface area contributed by atoms with Crippen molar-refractivity contribution in [1.82, 2.24) is 9.78 Å². The minimum Gasteiger partial charge on any atom is -0.496 e. The van der Waals surface area contributed by atoms with E-state index < -0.39 is 5.97 Å². The Bertz CT molecular complexity index is 607. The Balaban J connectivity index is 2.08. The molecule has 0 amide bonds. The number of ether oxygens (including phenoxy) is 2. The van der Waals surface area contributed by atoms with Crippen LogP contribution >= 0.6 is 0 Å². The zero-order valence-corrected chi connectivity index (χ0v) is 11.5. The third kappa shape index (κ3) is 2.90. The van der Waals surface area contributed by atoms with Crippen LogP contribution in [-0.4, -0.2) is 22.9 Å². The number of carbonyl (C=O) groups excluding carboxylic acids is 1. The van der Waals surface area contributed by atoms with E-state index in [1.54, 1.807) is 29.1 Å². The van der Waals surface area contributed by atoms with Gasteiger partial charge in [-0.15, -0.1) is 0 Å². The number of nitrogens with zero attached hydrogens (tertiary/aromatic N) is 2. The van der Waals surface area contributed by atoms with Crippen molar-refractivity contribution in [2.24, 2.45) is 0 Å². The molecule has 2 N–H and O–H groups in total. The van der Waals surface area contributed by atoms with Gasteiger partial charge in [-0.3, -0.25) is 4.68 Å². The summed E-state index contributed by atoms with van der Waals surface area (Å²) in [5.74, 6) is -0.108. The number of carbonyl (C=O) groups is 1. The molecule has 0 aliphatic heterocycles. The van der Waals surface area contributed by atoms with Crippen molar-refractivity contribution in [1.29, 1.82) is 0 Å². The Kier molecular flexibility index (Phi) is 4.24. The van der Waals surface area contributed by atoms with Crippen LogP contribution in [-0.2, 0) is 17.9 Å². The highest BCUT2D eigenvalue weighted by atomic mass is 16.5. The second-order valence-corrected chi connectivity index (χ2v) is 4.20. The van der Waals surface area contributed by atoms with Crippen LogP contribution in [0.25, 0.3) is 0 Å². The summed E-state index contributed by atoms with van der Waals surface area (Å²) in [4.78, 5) is 12.1. The molecule has 0 saturated carbocycles. The molecule has 1 aromatic heterocycles. The van der Waals surface area contributed by atoms with Gasteiger partial charge in [-0.1, -0.05) is 6.07 Å². The maximum atomic E-state index is 12.1. The molecule has 0 spiro atoms. The molecule has 1 aromatic carbocycles. The van der Waals surface area contributed by atoms with E-state index in [4.69, 9.17) is 15.2 Å². The Morgan fingerprint density at radius 1 is 1.45 bits per heavy atom. The van der Waals surface area contributed by atoms with Gasteiger partial charge >= 0.3 is 5.97 Å². The first-order chi connectivity index (χ1) is 9.65. The second kappa shape index (κ2) is 6.10. The number of aromatic nitrogens is 2. The van der Waals surface area contributed by atoms with E-state index in [0.29, 0.717) is 11.4 Å². The van der Waals surface area contributed by atoms with Crippen molar-refractivity contribution in [2.75, 3.05) is 12.8 Å². The Morgan fingerprint density at radius 3 is 2.90 bits per heavy atom. The highest BCUT2D eigenvalue weighted by Gasteiger charge is 2.17. The first-order valence-corrected chi connectivity index (χ1v) is 6.26. The van der Waals surface area contributed by atoms with E-state index in [1.165, 1.54) is 7.11 Å². The van der Waals surface area contributed by atoms with Gasteiger partial charge in [-0.2, -0.15) is 5.10 Å². The summed E-state index contributed by atoms with van der Waals surface area (Å²) in [6, 6.07) is 5.02. The zero-order valence-electron chi connectivity index (χ0n) is 11.5. The topological polar surface area (TPSA) is 79.4 Å². The summed E-state index contributed by atoms with van der Waals surface area (Å²) < 4.78 is 12.1. The Hall–Kier alpha value is -2.50. The van der Waals surface area contributed by atoms with Gasteiger partial charge in [-0.05, 0) is 19.1 Å². The van der Waals surface area contributed by atoms with E-state index in [1.807, 2.05) is 13.1 Å². The maximum absolute atomic E-state index is 12.1. The molecule has 0 saturated heterocycles. The second-order valence-electron chi connectivity index (χ2n) is 4.20. The summed E-state index contributed by atoms with van der Waals surface area (Å²) in [7, 11) is 1.48. The SMILES string of the molecule is CCn1cc(COC(=O)c2c(N)cccc2OC)cn1. The Morgan fingerprint density at radius 2 is 2.25 bits per heavy atom. The van der Waals surface area contributed by atoms with E-state index >= 15 is 0 Å². The van der Waals surface area contributed by atoms with Crippen molar-refractivity contribution < 1.29 is 14.3 Å². The smallest absolute Gasteiger partial charge is 0.344 e. The largest absolute Gasteiger partial charge is 0.496 e. The summed E-state index contributed by atoms with van der Waals surface area (Å²) in [5.41, 5.74) is 7.20. The third-order valence-electron chi connectivity index (χ3n) is 2.86. The van der Waals surface area contributed by atoms with Crippen LogP contribution in [0.1, 0.15) is 22.8 Å². The van der Waals surface area contributed by atoms with Crippen LogP contribution in [0.4, 0.5) is 5.69 Å². The van der Waals surface area contributed by atoms with Crippen molar-refractivity contribution in [3.8, 4) is 5.75 Å². The van der Waals surface area contributed by atoms with Gasteiger partial charge in [0.2, 0.25) is 0 Å². The fourth-order valence-electron chi connectivity index (χ4n) is 1.81. The molecule has 2 aromatic rings. The normalized spacial score (nSPS) is 10.3. The number of anilines is 1. The molecule has 6 nitrogen and oxygen atoms in total. The molecule has 0 aliphatic carbocycles. The maximum Gasteiger partial charge on any atom is 0.344 e. The van der Waals surface area contributed by atoms with Crippen LogP contribution in [0.15, 0.2) is 30.6 Å². The molecule has 0 atom stereocenters. The zero-order chi connectivity index (χ0) is 14.5. The third-order valence-corrected chi connectivity index (χ3v) is 2.86. The van der Waals surface area contributed by atoms with Gasteiger partial charge in [0.25, 0.3) is 0 Å². The van der Waals surface area contributed by atoms with Gasteiger partial charge in [0.1, 0.15) is 17.9 Å². The van der Waals surface area contributed by atoms with Crippen molar-refractivity contribution in [3.05, 3.63) is 41.7 Å². The highest BCUT2D eigenvalue weighted by molar-refractivity contribution is 5.98. The van der Waals surface area contributed by atoms with Crippen LogP contribution in [0.2, 0.25) is 0 Å². The number of nitrogen functional groups attached to an aromatic ring is 1. The number of hydrogen-bond acceptors (Lipinski definition) is 5.